The number of nitrogens with one attached hydrogen (secondary N) is 1. The lowest BCUT2D eigenvalue weighted by Crippen LogP contribution is -2.33. The molecule has 1 N–H and O–H groups in total. The Morgan fingerprint density at radius 2 is 1.91 bits per heavy atom. The number of rotatable bonds is 6. The van der Waals surface area contributed by atoms with Gasteiger partial charge in [0, 0.05) is 11.5 Å². The second-order valence-corrected chi connectivity index (χ2v) is 8.87. The predicted octanol–water partition coefficient (Wildman–Crippen LogP) is 4.99. The number of anilines is 1. The van der Waals surface area contributed by atoms with Crippen LogP contribution in [0.3, 0.4) is 0 Å². The fourth-order valence-corrected chi connectivity index (χ4v) is 4.95. The molecule has 0 spiro atoms. The molecule has 1 unspecified atom stereocenters. The van der Waals surface area contributed by atoms with Crippen LogP contribution < -0.4 is 10.9 Å². The summed E-state index contributed by atoms with van der Waals surface area (Å²) in [6.07, 6.45) is 0.441. The Morgan fingerprint density at radius 3 is 2.64 bits per heavy atom. The summed E-state index contributed by atoms with van der Waals surface area (Å²) >= 11 is 1.27. The van der Waals surface area contributed by atoms with E-state index < -0.39 is 12.0 Å². The molecular weight excluding hydrogens is 438 g/mol. The smallest absolute Gasteiger partial charge is 0.338 e. The Balaban J connectivity index is 1.69. The van der Waals surface area contributed by atoms with Crippen molar-refractivity contribution in [1.29, 1.82) is 0 Å². The van der Waals surface area contributed by atoms with Crippen LogP contribution in [0.25, 0.3) is 21.1 Å². The van der Waals surface area contributed by atoms with Gasteiger partial charge in [-0.05, 0) is 56.5 Å². The van der Waals surface area contributed by atoms with E-state index in [-0.39, 0.29) is 11.5 Å². The van der Waals surface area contributed by atoms with Crippen LogP contribution in [0.4, 0.5) is 5.13 Å². The highest BCUT2D eigenvalue weighted by Crippen LogP contribution is 2.29. The minimum Gasteiger partial charge on any atom is -0.462 e. The fraction of sp³-hybridized carbons (Fsp3) is 0.280. The highest BCUT2D eigenvalue weighted by Gasteiger charge is 2.24. The van der Waals surface area contributed by atoms with Gasteiger partial charge < -0.3 is 10.1 Å². The van der Waals surface area contributed by atoms with E-state index in [4.69, 9.17) is 4.74 Å². The predicted molar refractivity (Wildman–Crippen MR) is 131 cm³/mol. The number of amides is 1. The minimum atomic E-state index is -0.691. The van der Waals surface area contributed by atoms with Crippen molar-refractivity contribution in [3.8, 4) is 0 Å². The lowest BCUT2D eigenvalue weighted by Gasteiger charge is -2.21. The molecule has 0 fully saturated rings. The first-order chi connectivity index (χ1) is 15.8. The van der Waals surface area contributed by atoms with Crippen molar-refractivity contribution < 1.29 is 14.3 Å². The first-order valence-corrected chi connectivity index (χ1v) is 11.7. The Labute approximate surface area is 195 Å². The van der Waals surface area contributed by atoms with Crippen LogP contribution in [0.5, 0.6) is 0 Å². The van der Waals surface area contributed by atoms with Gasteiger partial charge in [-0.1, -0.05) is 36.5 Å². The third-order valence-electron chi connectivity index (χ3n) is 5.61. The molecule has 0 aliphatic carbocycles. The van der Waals surface area contributed by atoms with Crippen molar-refractivity contribution >= 4 is 49.5 Å². The van der Waals surface area contributed by atoms with Gasteiger partial charge in [-0.2, -0.15) is 0 Å². The molecule has 0 saturated carbocycles. The number of esters is 1. The van der Waals surface area contributed by atoms with Gasteiger partial charge in [0.05, 0.1) is 27.9 Å². The zero-order valence-electron chi connectivity index (χ0n) is 19.0. The van der Waals surface area contributed by atoms with Crippen LogP contribution in [0.15, 0.2) is 47.3 Å². The quantitative estimate of drug-likeness (QED) is 0.407. The van der Waals surface area contributed by atoms with Crippen LogP contribution in [0, 0.1) is 13.8 Å². The molecule has 2 aromatic heterocycles. The van der Waals surface area contributed by atoms with Crippen molar-refractivity contribution in [2.24, 2.45) is 0 Å². The summed E-state index contributed by atoms with van der Waals surface area (Å²) < 4.78 is 7.40. The SMILES string of the molecule is CCOC(=O)c1ccc2nc(NC(=O)C(CC)n3c(=O)cc(C)c4cccc(C)c43)sc2c1. The first kappa shape index (κ1) is 22.7. The molecule has 7 nitrogen and oxygen atoms in total. The fourth-order valence-electron chi connectivity index (χ4n) is 4.04. The number of pyridine rings is 1. The summed E-state index contributed by atoms with van der Waals surface area (Å²) in [4.78, 5) is 42.8. The highest BCUT2D eigenvalue weighted by atomic mass is 32.1. The monoisotopic (exact) mass is 463 g/mol. The van der Waals surface area contributed by atoms with Crippen LogP contribution >= 0.6 is 11.3 Å². The second-order valence-electron chi connectivity index (χ2n) is 7.84. The number of aryl methyl sites for hydroxylation is 2. The zero-order chi connectivity index (χ0) is 23.7. The van der Waals surface area contributed by atoms with E-state index in [2.05, 4.69) is 10.3 Å². The summed E-state index contributed by atoms with van der Waals surface area (Å²) in [5.41, 5.74) is 3.49. The van der Waals surface area contributed by atoms with Crippen LogP contribution in [0.2, 0.25) is 0 Å². The number of carbonyl (C=O) groups is 2. The van der Waals surface area contributed by atoms with E-state index in [9.17, 15) is 14.4 Å². The van der Waals surface area contributed by atoms with Gasteiger partial charge in [-0.25, -0.2) is 9.78 Å². The van der Waals surface area contributed by atoms with E-state index in [0.29, 0.717) is 29.2 Å². The third-order valence-corrected chi connectivity index (χ3v) is 6.55. The van der Waals surface area contributed by atoms with Gasteiger partial charge in [-0.15, -0.1) is 0 Å². The number of carbonyl (C=O) groups excluding carboxylic acids is 2. The standard InChI is InChI=1S/C25H25N3O4S/c1-5-19(28-21(29)12-15(4)17-9-7-8-14(3)22(17)28)23(30)27-25-26-18-11-10-16(13-20(18)33-25)24(31)32-6-2/h7-13,19H,5-6H2,1-4H3,(H,26,27,30). The van der Waals surface area contributed by atoms with Crippen molar-refractivity contribution in [1.82, 2.24) is 9.55 Å². The molecule has 4 aromatic rings. The van der Waals surface area contributed by atoms with Gasteiger partial charge in [0.25, 0.3) is 5.56 Å². The summed E-state index contributed by atoms with van der Waals surface area (Å²) in [6, 6.07) is 11.8. The van der Waals surface area contributed by atoms with Gasteiger partial charge in [0.15, 0.2) is 5.13 Å². The van der Waals surface area contributed by atoms with E-state index in [1.165, 1.54) is 11.3 Å². The maximum absolute atomic E-state index is 13.3. The number of ether oxygens (including phenoxy) is 1. The molecule has 0 aliphatic rings. The average molecular weight is 464 g/mol. The van der Waals surface area contributed by atoms with Crippen molar-refractivity contribution in [3.63, 3.8) is 0 Å². The topological polar surface area (TPSA) is 90.3 Å². The van der Waals surface area contributed by atoms with Crippen LogP contribution in [-0.4, -0.2) is 28.0 Å². The molecule has 0 bridgehead atoms. The Hall–Kier alpha value is -3.52. The normalized spacial score (nSPS) is 12.1. The molecular formula is C25H25N3O4S. The first-order valence-electron chi connectivity index (χ1n) is 10.8. The number of hydrogen-bond donors (Lipinski definition) is 1. The molecule has 1 amide bonds. The van der Waals surface area contributed by atoms with Crippen molar-refractivity contribution in [2.45, 2.75) is 40.2 Å². The lowest BCUT2D eigenvalue weighted by atomic mass is 10.0. The van der Waals surface area contributed by atoms with Gasteiger partial charge in [-0.3, -0.25) is 14.2 Å². The highest BCUT2D eigenvalue weighted by molar-refractivity contribution is 7.22. The van der Waals surface area contributed by atoms with E-state index in [0.717, 1.165) is 26.7 Å². The van der Waals surface area contributed by atoms with Crippen LogP contribution in [-0.2, 0) is 9.53 Å². The molecule has 170 valence electrons. The Morgan fingerprint density at radius 1 is 1.12 bits per heavy atom. The number of thiazole rings is 1. The zero-order valence-corrected chi connectivity index (χ0v) is 19.8. The third kappa shape index (κ3) is 4.26. The number of para-hydroxylation sites is 1. The number of hydrogen-bond acceptors (Lipinski definition) is 6. The molecule has 33 heavy (non-hydrogen) atoms. The molecule has 2 aromatic carbocycles. The molecule has 0 aliphatic heterocycles. The van der Waals surface area contributed by atoms with Crippen LogP contribution in [0.1, 0.15) is 47.8 Å². The molecule has 2 heterocycles. The summed E-state index contributed by atoms with van der Waals surface area (Å²) in [5, 5.41) is 4.24. The van der Waals surface area contributed by atoms with Gasteiger partial charge in [0.2, 0.25) is 5.91 Å². The Bertz CT molecular complexity index is 1440. The Kier molecular flexibility index (Phi) is 6.29. The van der Waals surface area contributed by atoms with Gasteiger partial charge in [0.1, 0.15) is 6.04 Å². The number of benzene rings is 2. The van der Waals surface area contributed by atoms with Gasteiger partial charge >= 0.3 is 5.97 Å². The maximum Gasteiger partial charge on any atom is 0.338 e. The summed E-state index contributed by atoms with van der Waals surface area (Å²) in [6.45, 7) is 7.78. The van der Waals surface area contributed by atoms with Crippen molar-refractivity contribution in [2.75, 3.05) is 11.9 Å². The number of aromatic nitrogens is 2. The minimum absolute atomic E-state index is 0.209. The number of fused-ring (bicyclic) bond motifs is 2. The average Bonchev–Trinajstić information content (AvgIpc) is 3.18. The maximum atomic E-state index is 13.3. The largest absolute Gasteiger partial charge is 0.462 e. The van der Waals surface area contributed by atoms with Crippen molar-refractivity contribution in [3.05, 3.63) is 69.5 Å². The van der Waals surface area contributed by atoms with E-state index in [1.54, 1.807) is 35.8 Å². The molecule has 0 radical (unpaired) electrons. The second kappa shape index (κ2) is 9.15. The number of nitrogens with zero attached hydrogens (tertiary/aromatic N) is 2. The molecule has 4 rings (SSSR count). The molecule has 8 heteroatoms. The molecule has 0 saturated heterocycles. The summed E-state index contributed by atoms with van der Waals surface area (Å²) in [7, 11) is 0. The summed E-state index contributed by atoms with van der Waals surface area (Å²) in [5.74, 6) is -0.705. The van der Waals surface area contributed by atoms with E-state index in [1.807, 2.05) is 39.0 Å². The lowest BCUT2D eigenvalue weighted by molar-refractivity contribution is -0.119. The molecule has 1 atom stereocenters. The van der Waals surface area contributed by atoms with E-state index >= 15 is 0 Å².